The number of fused-ring (bicyclic) bond motifs is 1. The number of H-pyrrole nitrogens is 1. The van der Waals surface area contributed by atoms with Crippen LogP contribution in [0.2, 0.25) is 5.02 Å². The highest BCUT2D eigenvalue weighted by molar-refractivity contribution is 6.35. The number of aromatic amines is 1. The Kier molecular flexibility index (Phi) is 5.20. The first-order chi connectivity index (χ1) is 13.9. The van der Waals surface area contributed by atoms with E-state index < -0.39 is 12.6 Å². The van der Waals surface area contributed by atoms with Crippen LogP contribution >= 0.6 is 11.6 Å². The Morgan fingerprint density at radius 3 is 2.90 bits per heavy atom. The molecule has 8 nitrogen and oxygen atoms in total. The minimum atomic E-state index is -2.56. The zero-order valence-electron chi connectivity index (χ0n) is 15.7. The molecular weight excluding hydrogens is 402 g/mol. The van der Waals surface area contributed by atoms with Crippen molar-refractivity contribution in [2.45, 2.75) is 19.1 Å². The highest BCUT2D eigenvalue weighted by atomic mass is 35.5. The number of anilines is 2. The predicted molar refractivity (Wildman–Crippen MR) is 108 cm³/mol. The molecule has 29 heavy (non-hydrogen) atoms. The first-order valence-electron chi connectivity index (χ1n) is 8.83. The number of imidazole rings is 1. The molecule has 1 unspecified atom stereocenters. The van der Waals surface area contributed by atoms with Gasteiger partial charge in [-0.25, -0.2) is 23.8 Å². The average molecular weight is 421 g/mol. The van der Waals surface area contributed by atoms with Crippen LogP contribution in [0.25, 0.3) is 11.0 Å². The van der Waals surface area contributed by atoms with Gasteiger partial charge in [0.15, 0.2) is 0 Å². The zero-order valence-corrected chi connectivity index (χ0v) is 16.5. The minimum absolute atomic E-state index is 0.139. The Morgan fingerprint density at radius 1 is 1.31 bits per heavy atom. The first-order valence-corrected chi connectivity index (χ1v) is 9.20. The molecule has 3 heterocycles. The molecule has 1 aromatic carbocycles. The summed E-state index contributed by atoms with van der Waals surface area (Å²) in [6.07, 6.45) is 1.62. The predicted octanol–water partition coefficient (Wildman–Crippen LogP) is 2.98. The summed E-state index contributed by atoms with van der Waals surface area (Å²) >= 11 is 6.47. The number of aromatic nitrogens is 4. The molecule has 0 amide bonds. The molecule has 1 aliphatic rings. The SMILES string of the molecule is CN(Cc1ccc2[nH]cnc2c1Cl)c1nccc(NC2C=C(C(F)F)NN2C)n1. The molecule has 0 fully saturated rings. The van der Waals surface area contributed by atoms with E-state index in [2.05, 4.69) is 30.7 Å². The molecule has 0 radical (unpaired) electrons. The molecule has 4 rings (SSSR count). The maximum atomic E-state index is 12.9. The number of allylic oxidation sites excluding steroid dienone is 1. The standard InChI is InChI=1S/C18H19ClF2N8/c1-28(8-10-3-4-11-16(15(10)19)24-9-23-11)18-22-6-5-13(26-18)25-14-7-12(17(20)21)27-29(14)2/h3-7,9,14,17,27H,8H2,1-2H3,(H,23,24)(H,22,25,26). The summed E-state index contributed by atoms with van der Waals surface area (Å²) in [5.74, 6) is 0.987. The molecule has 3 N–H and O–H groups in total. The summed E-state index contributed by atoms with van der Waals surface area (Å²) in [7, 11) is 3.52. The first kappa shape index (κ1) is 19.3. The number of likely N-dealkylation sites (N-methyl/N-ethyl adjacent to an activating group) is 1. The van der Waals surface area contributed by atoms with E-state index in [1.54, 1.807) is 30.6 Å². The molecule has 0 saturated carbocycles. The molecule has 0 spiro atoms. The van der Waals surface area contributed by atoms with E-state index >= 15 is 0 Å². The van der Waals surface area contributed by atoms with Crippen LogP contribution < -0.4 is 15.6 Å². The molecule has 0 bridgehead atoms. The van der Waals surface area contributed by atoms with Crippen molar-refractivity contribution in [3.63, 3.8) is 0 Å². The molecular formula is C18H19ClF2N8. The molecule has 1 atom stereocenters. The number of halogens is 3. The Labute approximate surface area is 170 Å². The van der Waals surface area contributed by atoms with Gasteiger partial charge in [-0.1, -0.05) is 17.7 Å². The van der Waals surface area contributed by atoms with Crippen molar-refractivity contribution in [2.24, 2.45) is 0 Å². The summed E-state index contributed by atoms with van der Waals surface area (Å²) in [5.41, 5.74) is 4.95. The van der Waals surface area contributed by atoms with Gasteiger partial charge in [0, 0.05) is 26.8 Å². The summed E-state index contributed by atoms with van der Waals surface area (Å²) < 4.78 is 25.8. The van der Waals surface area contributed by atoms with Gasteiger partial charge in [-0.2, -0.15) is 4.98 Å². The summed E-state index contributed by atoms with van der Waals surface area (Å²) in [5, 5.41) is 5.23. The van der Waals surface area contributed by atoms with Gasteiger partial charge in [-0.05, 0) is 23.8 Å². The van der Waals surface area contributed by atoms with Gasteiger partial charge < -0.3 is 20.6 Å². The number of hydrazine groups is 1. The molecule has 11 heteroatoms. The topological polar surface area (TPSA) is 85.0 Å². The smallest absolute Gasteiger partial charge is 0.279 e. The normalized spacial score (nSPS) is 16.9. The highest BCUT2D eigenvalue weighted by Crippen LogP contribution is 2.26. The lowest BCUT2D eigenvalue weighted by atomic mass is 10.2. The molecule has 152 valence electrons. The lowest BCUT2D eigenvalue weighted by Crippen LogP contribution is -2.40. The van der Waals surface area contributed by atoms with Crippen LogP contribution in [0, 0.1) is 0 Å². The summed E-state index contributed by atoms with van der Waals surface area (Å²) in [6.45, 7) is 0.478. The van der Waals surface area contributed by atoms with Crippen LogP contribution in [0.5, 0.6) is 0 Å². The second kappa shape index (κ2) is 7.80. The van der Waals surface area contributed by atoms with E-state index in [4.69, 9.17) is 11.6 Å². The quantitative estimate of drug-likeness (QED) is 0.565. The van der Waals surface area contributed by atoms with E-state index in [0.29, 0.717) is 28.9 Å². The molecule has 2 aromatic heterocycles. The molecule has 3 aromatic rings. The summed E-state index contributed by atoms with van der Waals surface area (Å²) in [6, 6.07) is 5.53. The van der Waals surface area contributed by atoms with Crippen molar-refractivity contribution in [3.8, 4) is 0 Å². The fourth-order valence-electron chi connectivity index (χ4n) is 3.08. The maximum Gasteiger partial charge on any atom is 0.279 e. The van der Waals surface area contributed by atoms with E-state index in [9.17, 15) is 8.78 Å². The summed E-state index contributed by atoms with van der Waals surface area (Å²) in [4.78, 5) is 17.9. The van der Waals surface area contributed by atoms with E-state index in [-0.39, 0.29) is 5.70 Å². The monoisotopic (exact) mass is 420 g/mol. The van der Waals surface area contributed by atoms with Crippen LogP contribution in [0.3, 0.4) is 0 Å². The van der Waals surface area contributed by atoms with Gasteiger partial charge in [0.25, 0.3) is 6.43 Å². The van der Waals surface area contributed by atoms with Gasteiger partial charge >= 0.3 is 0 Å². The highest BCUT2D eigenvalue weighted by Gasteiger charge is 2.26. The molecule has 0 saturated heterocycles. The van der Waals surface area contributed by atoms with Crippen LogP contribution in [0.15, 0.2) is 42.5 Å². The van der Waals surface area contributed by atoms with Gasteiger partial charge in [0.1, 0.15) is 17.5 Å². The average Bonchev–Trinajstić information content (AvgIpc) is 3.32. The van der Waals surface area contributed by atoms with E-state index in [1.807, 2.05) is 24.1 Å². The van der Waals surface area contributed by atoms with Gasteiger partial charge in [-0.3, -0.25) is 0 Å². The Balaban J connectivity index is 1.50. The van der Waals surface area contributed by atoms with Crippen LogP contribution in [-0.2, 0) is 6.54 Å². The third kappa shape index (κ3) is 3.94. The van der Waals surface area contributed by atoms with Gasteiger partial charge in [-0.15, -0.1) is 0 Å². The third-order valence-corrected chi connectivity index (χ3v) is 5.01. The number of hydrogen-bond acceptors (Lipinski definition) is 7. The fourth-order valence-corrected chi connectivity index (χ4v) is 3.35. The Bertz CT molecular complexity index is 1050. The molecule has 1 aliphatic heterocycles. The number of alkyl halides is 2. The van der Waals surface area contributed by atoms with Crippen molar-refractivity contribution in [1.82, 2.24) is 30.4 Å². The minimum Gasteiger partial charge on any atom is -0.350 e. The lowest BCUT2D eigenvalue weighted by Gasteiger charge is -2.22. The van der Waals surface area contributed by atoms with Crippen molar-refractivity contribution in [3.05, 3.63) is 53.1 Å². The number of nitrogens with zero attached hydrogens (tertiary/aromatic N) is 5. The molecule has 0 aliphatic carbocycles. The Hall–Kier alpha value is -2.98. The largest absolute Gasteiger partial charge is 0.350 e. The van der Waals surface area contributed by atoms with E-state index in [1.165, 1.54) is 6.08 Å². The van der Waals surface area contributed by atoms with Gasteiger partial charge in [0.2, 0.25) is 5.95 Å². The van der Waals surface area contributed by atoms with Crippen molar-refractivity contribution in [2.75, 3.05) is 24.3 Å². The lowest BCUT2D eigenvalue weighted by molar-refractivity contribution is 0.159. The van der Waals surface area contributed by atoms with Crippen molar-refractivity contribution >= 4 is 34.4 Å². The van der Waals surface area contributed by atoms with Crippen LogP contribution in [-0.4, -0.2) is 51.6 Å². The number of rotatable bonds is 6. The van der Waals surface area contributed by atoms with Crippen LogP contribution in [0.1, 0.15) is 5.56 Å². The number of hydrogen-bond donors (Lipinski definition) is 3. The fraction of sp³-hybridized carbons (Fsp3) is 0.278. The second-order valence-electron chi connectivity index (χ2n) is 6.67. The second-order valence-corrected chi connectivity index (χ2v) is 7.05. The maximum absolute atomic E-state index is 12.9. The number of nitrogens with one attached hydrogen (secondary N) is 3. The van der Waals surface area contributed by atoms with Crippen LogP contribution in [0.4, 0.5) is 20.5 Å². The Morgan fingerprint density at radius 2 is 2.14 bits per heavy atom. The number of benzene rings is 1. The van der Waals surface area contributed by atoms with E-state index in [0.717, 1.165) is 11.1 Å². The third-order valence-electron chi connectivity index (χ3n) is 4.59. The van der Waals surface area contributed by atoms with Gasteiger partial charge in [0.05, 0.1) is 22.6 Å². The van der Waals surface area contributed by atoms with Crippen molar-refractivity contribution < 1.29 is 8.78 Å². The van der Waals surface area contributed by atoms with Crippen molar-refractivity contribution in [1.29, 1.82) is 0 Å². The zero-order chi connectivity index (χ0) is 20.5.